The van der Waals surface area contributed by atoms with Crippen LogP contribution in [0.4, 0.5) is 5.69 Å². The predicted molar refractivity (Wildman–Crippen MR) is 148 cm³/mol. The Morgan fingerprint density at radius 3 is 2.69 bits per heavy atom. The summed E-state index contributed by atoms with van der Waals surface area (Å²) in [6.45, 7) is -0.151. The minimum absolute atomic E-state index is 0. The topological polar surface area (TPSA) is 144 Å². The van der Waals surface area contributed by atoms with Gasteiger partial charge in [-0.3, -0.25) is 9.59 Å². The Labute approximate surface area is 232 Å². The van der Waals surface area contributed by atoms with Crippen LogP contribution >= 0.6 is 24.0 Å². The molecule has 0 amide bonds. The first-order valence-electron chi connectivity index (χ1n) is 11.9. The summed E-state index contributed by atoms with van der Waals surface area (Å²) in [5, 5.41) is 23.6. The highest BCUT2D eigenvalue weighted by Gasteiger charge is 2.28. The number of aryl methyl sites for hydroxylation is 1. The molecule has 1 atom stereocenters. The van der Waals surface area contributed by atoms with Gasteiger partial charge >= 0.3 is 5.97 Å². The standard InChI is InChI=1S/C26H21ClN8O3.ClH/c27-17-3-7-22(34-14-30-32-33-34)20(11-17)16-9-19-6-8-23(35(19)24(36)10-16)26-29-12-21(31-26)15-1-4-18(5-2-15)28-13-25(37)38;/h1-5,7,9-12,14,23,28H,6,8,13H2,(H,29,31)(H,37,38);1H/t23-;/m0./s1. The van der Waals surface area contributed by atoms with Crippen molar-refractivity contribution in [3.63, 3.8) is 0 Å². The third-order valence-corrected chi connectivity index (χ3v) is 6.78. The van der Waals surface area contributed by atoms with Gasteiger partial charge in [-0.15, -0.1) is 17.5 Å². The number of hydrogen-bond donors (Lipinski definition) is 3. The van der Waals surface area contributed by atoms with E-state index in [1.165, 1.54) is 6.33 Å². The fraction of sp³-hybridized carbons (Fsp3) is 0.154. The van der Waals surface area contributed by atoms with Gasteiger partial charge in [0.25, 0.3) is 5.56 Å². The smallest absolute Gasteiger partial charge is 0.322 e. The highest BCUT2D eigenvalue weighted by Crippen LogP contribution is 2.34. The van der Waals surface area contributed by atoms with E-state index in [9.17, 15) is 9.59 Å². The summed E-state index contributed by atoms with van der Waals surface area (Å²) in [7, 11) is 0. The Morgan fingerprint density at radius 1 is 1.13 bits per heavy atom. The van der Waals surface area contributed by atoms with Crippen LogP contribution in [0.3, 0.4) is 0 Å². The highest BCUT2D eigenvalue weighted by atomic mass is 35.5. The number of aromatic nitrogens is 7. The van der Waals surface area contributed by atoms with Crippen molar-refractivity contribution in [3.05, 3.63) is 94.0 Å². The van der Waals surface area contributed by atoms with Crippen molar-refractivity contribution >= 4 is 35.7 Å². The zero-order chi connectivity index (χ0) is 26.2. The lowest BCUT2D eigenvalue weighted by Gasteiger charge is -2.15. The third-order valence-electron chi connectivity index (χ3n) is 6.55. The number of tetrazole rings is 1. The number of anilines is 1. The maximum atomic E-state index is 13.4. The molecule has 0 unspecified atom stereocenters. The van der Waals surface area contributed by atoms with Crippen LogP contribution in [0.1, 0.15) is 24.0 Å². The van der Waals surface area contributed by atoms with E-state index >= 15 is 0 Å². The van der Waals surface area contributed by atoms with Crippen LogP contribution in [0.15, 0.2) is 71.9 Å². The van der Waals surface area contributed by atoms with Crippen molar-refractivity contribution < 1.29 is 9.90 Å². The number of aromatic amines is 1. The van der Waals surface area contributed by atoms with Gasteiger partial charge in [0.1, 0.15) is 18.7 Å². The van der Waals surface area contributed by atoms with Gasteiger partial charge < -0.3 is 20.0 Å². The van der Waals surface area contributed by atoms with Crippen molar-refractivity contribution in [2.24, 2.45) is 0 Å². The molecule has 0 saturated carbocycles. The van der Waals surface area contributed by atoms with E-state index in [4.69, 9.17) is 16.7 Å². The van der Waals surface area contributed by atoms with Crippen molar-refractivity contribution in [1.82, 2.24) is 34.7 Å². The second-order valence-corrected chi connectivity index (χ2v) is 9.36. The Morgan fingerprint density at radius 2 is 1.95 bits per heavy atom. The molecule has 4 heterocycles. The number of rotatable bonds is 7. The molecule has 0 radical (unpaired) electrons. The van der Waals surface area contributed by atoms with Gasteiger partial charge in [0.05, 0.1) is 23.6 Å². The second kappa shape index (κ2) is 10.7. The summed E-state index contributed by atoms with van der Waals surface area (Å²) in [6, 6.07) is 16.2. The summed E-state index contributed by atoms with van der Waals surface area (Å²) < 4.78 is 3.32. The third kappa shape index (κ3) is 5.14. The summed E-state index contributed by atoms with van der Waals surface area (Å²) >= 11 is 6.29. The van der Waals surface area contributed by atoms with Crippen LogP contribution in [0.25, 0.3) is 28.1 Å². The first kappa shape index (κ1) is 26.1. The number of H-pyrrole nitrogens is 1. The van der Waals surface area contributed by atoms with E-state index in [1.54, 1.807) is 33.6 Å². The second-order valence-electron chi connectivity index (χ2n) is 8.92. The van der Waals surface area contributed by atoms with E-state index in [1.807, 2.05) is 36.4 Å². The van der Waals surface area contributed by atoms with Crippen molar-refractivity contribution in [2.45, 2.75) is 18.9 Å². The zero-order valence-corrected chi connectivity index (χ0v) is 21.9. The minimum atomic E-state index is -0.924. The van der Waals surface area contributed by atoms with Crippen molar-refractivity contribution in [1.29, 1.82) is 0 Å². The summed E-state index contributed by atoms with van der Waals surface area (Å²) in [6.07, 6.45) is 4.70. The average molecular weight is 565 g/mol. The number of imidazole rings is 1. The molecule has 0 saturated heterocycles. The number of pyridine rings is 1. The minimum Gasteiger partial charge on any atom is -0.480 e. The lowest BCUT2D eigenvalue weighted by atomic mass is 10.0. The first-order valence-corrected chi connectivity index (χ1v) is 12.2. The van der Waals surface area contributed by atoms with Crippen LogP contribution < -0.4 is 10.9 Å². The largest absolute Gasteiger partial charge is 0.480 e. The van der Waals surface area contributed by atoms with Crippen LogP contribution in [0, 0.1) is 0 Å². The Bertz CT molecular complexity index is 1700. The molecule has 5 aromatic rings. The number of aliphatic carboxylic acids is 1. The molecule has 13 heteroatoms. The molecule has 1 aliphatic heterocycles. The predicted octanol–water partition coefficient (Wildman–Crippen LogP) is 3.99. The molecule has 0 fully saturated rings. The lowest BCUT2D eigenvalue weighted by Crippen LogP contribution is -2.23. The SMILES string of the molecule is Cl.O=C(O)CNc1ccc(-c2cnc([C@@H]3CCc4cc(-c5cc(Cl)ccc5-n5cnnn5)cc(=O)n43)[nH]2)cc1. The van der Waals surface area contributed by atoms with E-state index in [0.717, 1.165) is 40.2 Å². The number of nitrogens with one attached hydrogen (secondary N) is 2. The fourth-order valence-electron chi connectivity index (χ4n) is 4.82. The van der Waals surface area contributed by atoms with Gasteiger partial charge in [-0.25, -0.2) is 4.98 Å². The molecule has 0 bridgehead atoms. The van der Waals surface area contributed by atoms with Gasteiger partial charge in [-0.1, -0.05) is 23.7 Å². The maximum Gasteiger partial charge on any atom is 0.322 e. The Kier molecular flexibility index (Phi) is 7.18. The first-order chi connectivity index (χ1) is 18.5. The summed E-state index contributed by atoms with van der Waals surface area (Å²) in [5.41, 5.74) is 5.43. The number of carboxylic acids is 1. The van der Waals surface area contributed by atoms with Crippen LogP contribution in [-0.2, 0) is 11.2 Å². The number of halogens is 2. The van der Waals surface area contributed by atoms with Crippen LogP contribution in [0.5, 0.6) is 0 Å². The normalized spacial score (nSPS) is 14.0. The van der Waals surface area contributed by atoms with Gasteiger partial charge in [-0.05, 0) is 70.8 Å². The molecular weight excluding hydrogens is 543 g/mol. The van der Waals surface area contributed by atoms with Crippen molar-refractivity contribution in [2.75, 3.05) is 11.9 Å². The molecule has 1 aliphatic rings. The number of carbonyl (C=O) groups is 1. The van der Waals surface area contributed by atoms with Gasteiger partial charge in [0.2, 0.25) is 0 Å². The zero-order valence-electron chi connectivity index (χ0n) is 20.3. The average Bonchev–Trinajstić information content (AvgIpc) is 3.68. The molecule has 198 valence electrons. The van der Waals surface area contributed by atoms with Gasteiger partial charge in [-0.2, -0.15) is 4.68 Å². The number of fused-ring (bicyclic) bond motifs is 1. The van der Waals surface area contributed by atoms with Crippen molar-refractivity contribution in [3.8, 4) is 28.1 Å². The summed E-state index contributed by atoms with van der Waals surface area (Å²) in [5.74, 6) is -0.217. The molecule has 0 spiro atoms. The molecule has 39 heavy (non-hydrogen) atoms. The van der Waals surface area contributed by atoms with E-state index in [0.29, 0.717) is 23.0 Å². The highest BCUT2D eigenvalue weighted by molar-refractivity contribution is 6.31. The van der Waals surface area contributed by atoms with Gasteiger partial charge in [0, 0.05) is 28.0 Å². The molecule has 3 N–H and O–H groups in total. The number of hydrogen-bond acceptors (Lipinski definition) is 7. The molecule has 0 aliphatic carbocycles. The monoisotopic (exact) mass is 564 g/mol. The Balaban J connectivity index is 0.00000308. The Hall–Kier alpha value is -4.48. The van der Waals surface area contributed by atoms with Gasteiger partial charge in [0.15, 0.2) is 0 Å². The quantitative estimate of drug-likeness (QED) is 0.269. The number of nitrogens with zero attached hydrogens (tertiary/aromatic N) is 6. The van der Waals surface area contributed by atoms with E-state index in [-0.39, 0.29) is 30.6 Å². The van der Waals surface area contributed by atoms with Crippen LogP contribution in [0.2, 0.25) is 5.02 Å². The number of benzene rings is 2. The molecule has 6 rings (SSSR count). The molecule has 11 nitrogen and oxygen atoms in total. The van der Waals surface area contributed by atoms with E-state index in [2.05, 4.69) is 30.8 Å². The summed E-state index contributed by atoms with van der Waals surface area (Å²) in [4.78, 5) is 32.1. The fourth-order valence-corrected chi connectivity index (χ4v) is 4.99. The molecular formula is C26H22Cl2N8O3. The lowest BCUT2D eigenvalue weighted by molar-refractivity contribution is -0.134. The number of carboxylic acid groups (broad SMARTS) is 1. The maximum absolute atomic E-state index is 13.4. The van der Waals surface area contributed by atoms with Crippen LogP contribution in [-0.4, -0.2) is 52.4 Å². The molecule has 3 aromatic heterocycles. The molecule has 2 aromatic carbocycles. The van der Waals surface area contributed by atoms with E-state index < -0.39 is 5.97 Å².